The second-order valence-corrected chi connectivity index (χ2v) is 5.14. The highest BCUT2D eigenvalue weighted by Gasteiger charge is 2.11. The van der Waals surface area contributed by atoms with Gasteiger partial charge in [-0.1, -0.05) is 0 Å². The van der Waals surface area contributed by atoms with Crippen LogP contribution in [0, 0.1) is 13.8 Å². The van der Waals surface area contributed by atoms with Gasteiger partial charge >= 0.3 is 0 Å². The Hall–Kier alpha value is -2.00. The van der Waals surface area contributed by atoms with Gasteiger partial charge in [0.1, 0.15) is 10.9 Å². The van der Waals surface area contributed by atoms with E-state index in [0.717, 1.165) is 34.3 Å². The van der Waals surface area contributed by atoms with Gasteiger partial charge in [0, 0.05) is 20.2 Å². The molecule has 2 aromatic rings. The Bertz CT molecular complexity index is 624. The molecule has 9 heteroatoms. The first-order chi connectivity index (χ1) is 9.85. The van der Waals surface area contributed by atoms with Crippen LogP contribution in [0.25, 0.3) is 0 Å². The first kappa shape index (κ1) is 17.1. The minimum absolute atomic E-state index is 0.378. The summed E-state index contributed by atoms with van der Waals surface area (Å²) in [4.78, 5) is 17.7. The van der Waals surface area contributed by atoms with Crippen LogP contribution in [0.3, 0.4) is 0 Å². The predicted molar refractivity (Wildman–Crippen MR) is 77.8 cm³/mol. The Kier molecular flexibility index (Phi) is 6.25. The van der Waals surface area contributed by atoms with E-state index in [2.05, 4.69) is 20.2 Å². The van der Waals surface area contributed by atoms with E-state index < -0.39 is 5.97 Å². The fourth-order valence-electron chi connectivity index (χ4n) is 1.31. The van der Waals surface area contributed by atoms with E-state index in [9.17, 15) is 0 Å². The first-order valence-corrected chi connectivity index (χ1v) is 6.92. The molecule has 3 N–H and O–H groups in total. The number of aromatic nitrogens is 5. The van der Waals surface area contributed by atoms with Gasteiger partial charge in [0.15, 0.2) is 5.16 Å². The molecule has 0 saturated heterocycles. The number of carboxylic acid groups (broad SMARTS) is 1. The molecule has 2 aromatic heterocycles. The van der Waals surface area contributed by atoms with Crippen LogP contribution in [0.5, 0.6) is 0 Å². The van der Waals surface area contributed by atoms with Gasteiger partial charge in [0.25, 0.3) is 5.97 Å². The number of aliphatic carboxylic acids is 1. The van der Waals surface area contributed by atoms with Gasteiger partial charge in [-0.25, -0.2) is 4.98 Å². The maximum Gasteiger partial charge on any atom is 0.300 e. The Balaban J connectivity index is 0.000000491. The van der Waals surface area contributed by atoms with Crippen LogP contribution in [0.15, 0.2) is 16.4 Å². The van der Waals surface area contributed by atoms with Crippen molar-refractivity contribution in [1.29, 1.82) is 0 Å². The average Bonchev–Trinajstić information content (AvgIpc) is 2.74. The van der Waals surface area contributed by atoms with E-state index >= 15 is 0 Å². The summed E-state index contributed by atoms with van der Waals surface area (Å²) < 4.78 is 1.87. The number of rotatable bonds is 3. The number of hydrogen-bond acceptors (Lipinski definition) is 7. The highest BCUT2D eigenvalue weighted by molar-refractivity contribution is 7.99. The van der Waals surface area contributed by atoms with Crippen molar-refractivity contribution >= 4 is 17.7 Å². The second-order valence-electron chi connectivity index (χ2n) is 4.18. The van der Waals surface area contributed by atoms with Crippen LogP contribution in [-0.4, -0.2) is 35.8 Å². The second kappa shape index (κ2) is 7.70. The van der Waals surface area contributed by atoms with Crippen LogP contribution in [0.2, 0.25) is 0 Å². The maximum absolute atomic E-state index is 9.00. The maximum atomic E-state index is 9.00. The van der Waals surface area contributed by atoms with Crippen molar-refractivity contribution in [3.8, 4) is 0 Å². The highest BCUT2D eigenvalue weighted by Crippen LogP contribution is 2.26. The number of carbonyl (C=O) groups is 1. The van der Waals surface area contributed by atoms with Crippen molar-refractivity contribution < 1.29 is 9.90 Å². The lowest BCUT2D eigenvalue weighted by Crippen LogP contribution is -2.05. The van der Waals surface area contributed by atoms with Crippen molar-refractivity contribution in [3.63, 3.8) is 0 Å². The zero-order valence-electron chi connectivity index (χ0n) is 12.4. The van der Waals surface area contributed by atoms with Crippen LogP contribution in [0.1, 0.15) is 24.1 Å². The third-order valence-electron chi connectivity index (χ3n) is 2.33. The van der Waals surface area contributed by atoms with Gasteiger partial charge in [-0.05, 0) is 25.6 Å². The number of carboxylic acids is 1. The summed E-state index contributed by atoms with van der Waals surface area (Å²) in [6, 6.07) is 0. The molecule has 0 aromatic carbocycles. The molecular formula is C12H18N6O2S. The molecular weight excluding hydrogens is 292 g/mol. The molecule has 21 heavy (non-hydrogen) atoms. The standard InChI is InChI=1S/C10H14N6S.C2H4O2/c1-6-5-12-7(2)9(13-6)17-10-15-14-8(4-11)16(10)3;1-2(3)4/h5H,4,11H2,1-3H3;1H3,(H,3,4). The number of hydrogen-bond donors (Lipinski definition) is 2. The molecule has 0 spiro atoms. The largest absolute Gasteiger partial charge is 0.481 e. The van der Waals surface area contributed by atoms with Crippen molar-refractivity contribution in [3.05, 3.63) is 23.4 Å². The van der Waals surface area contributed by atoms with E-state index in [1.807, 2.05) is 25.5 Å². The normalized spacial score (nSPS) is 9.95. The minimum Gasteiger partial charge on any atom is -0.481 e. The van der Waals surface area contributed by atoms with Crippen molar-refractivity contribution in [1.82, 2.24) is 24.7 Å². The van der Waals surface area contributed by atoms with Crippen molar-refractivity contribution in [2.75, 3.05) is 0 Å². The molecule has 0 aliphatic carbocycles. The Morgan fingerprint density at radius 2 is 2.05 bits per heavy atom. The summed E-state index contributed by atoms with van der Waals surface area (Å²) in [7, 11) is 1.89. The molecule has 114 valence electrons. The Morgan fingerprint density at radius 1 is 1.43 bits per heavy atom. The van der Waals surface area contributed by atoms with E-state index in [0.29, 0.717) is 6.54 Å². The zero-order valence-corrected chi connectivity index (χ0v) is 13.2. The first-order valence-electron chi connectivity index (χ1n) is 6.11. The summed E-state index contributed by atoms with van der Waals surface area (Å²) >= 11 is 1.45. The van der Waals surface area contributed by atoms with Crippen molar-refractivity contribution in [2.24, 2.45) is 12.8 Å². The van der Waals surface area contributed by atoms with Crippen molar-refractivity contribution in [2.45, 2.75) is 37.5 Å². The molecule has 0 saturated carbocycles. The molecule has 0 amide bonds. The fraction of sp³-hybridized carbons (Fsp3) is 0.417. The molecule has 0 unspecified atom stereocenters. The van der Waals surface area contributed by atoms with E-state index in [1.54, 1.807) is 6.20 Å². The summed E-state index contributed by atoms with van der Waals surface area (Å²) in [5.41, 5.74) is 7.33. The average molecular weight is 310 g/mol. The van der Waals surface area contributed by atoms with E-state index in [1.165, 1.54) is 11.8 Å². The lowest BCUT2D eigenvalue weighted by Gasteiger charge is -2.04. The SMILES string of the molecule is CC(=O)O.Cc1cnc(C)c(Sc2nnc(CN)n2C)n1. The molecule has 0 radical (unpaired) electrons. The molecule has 0 fully saturated rings. The quantitative estimate of drug-likeness (QED) is 0.858. The zero-order chi connectivity index (χ0) is 16.0. The molecule has 8 nitrogen and oxygen atoms in total. The summed E-state index contributed by atoms with van der Waals surface area (Å²) in [6.45, 7) is 5.30. The molecule has 0 aliphatic heterocycles. The van der Waals surface area contributed by atoms with Gasteiger partial charge in [-0.15, -0.1) is 10.2 Å². The Labute approximate surface area is 126 Å². The van der Waals surface area contributed by atoms with Crippen LogP contribution < -0.4 is 5.73 Å². The van der Waals surface area contributed by atoms with Crippen LogP contribution >= 0.6 is 11.8 Å². The van der Waals surface area contributed by atoms with E-state index in [-0.39, 0.29) is 0 Å². The van der Waals surface area contributed by atoms with E-state index in [4.69, 9.17) is 15.6 Å². The smallest absolute Gasteiger partial charge is 0.300 e. The van der Waals surface area contributed by atoms with Crippen LogP contribution in [-0.2, 0) is 18.4 Å². The number of nitrogens with zero attached hydrogens (tertiary/aromatic N) is 5. The summed E-state index contributed by atoms with van der Waals surface area (Å²) in [5, 5.41) is 17.1. The number of aryl methyl sites for hydroxylation is 2. The van der Waals surface area contributed by atoms with Gasteiger partial charge in [-0.3, -0.25) is 9.78 Å². The molecule has 0 aliphatic rings. The lowest BCUT2D eigenvalue weighted by atomic mass is 10.4. The number of nitrogens with two attached hydrogens (primary N) is 1. The van der Waals surface area contributed by atoms with Gasteiger partial charge < -0.3 is 15.4 Å². The predicted octanol–water partition coefficient (Wildman–Crippen LogP) is 0.923. The molecule has 2 heterocycles. The monoisotopic (exact) mass is 310 g/mol. The molecule has 0 bridgehead atoms. The van der Waals surface area contributed by atoms with Crippen LogP contribution in [0.4, 0.5) is 0 Å². The third-order valence-corrected chi connectivity index (χ3v) is 3.45. The summed E-state index contributed by atoms with van der Waals surface area (Å²) in [6.07, 6.45) is 1.75. The molecule has 2 rings (SSSR count). The Morgan fingerprint density at radius 3 is 2.57 bits per heavy atom. The minimum atomic E-state index is -0.833. The van der Waals surface area contributed by atoms with Gasteiger partial charge in [-0.2, -0.15) is 0 Å². The lowest BCUT2D eigenvalue weighted by molar-refractivity contribution is -0.134. The summed E-state index contributed by atoms with van der Waals surface area (Å²) in [5.74, 6) is -0.0780. The highest BCUT2D eigenvalue weighted by atomic mass is 32.2. The third kappa shape index (κ3) is 5.12. The van der Waals surface area contributed by atoms with Gasteiger partial charge in [0.2, 0.25) is 0 Å². The fourth-order valence-corrected chi connectivity index (χ4v) is 2.20. The van der Waals surface area contributed by atoms with Gasteiger partial charge in [0.05, 0.1) is 17.9 Å². The topological polar surface area (TPSA) is 120 Å². The molecule has 0 atom stereocenters.